The molecule has 0 spiro atoms. The zero-order valence-corrected chi connectivity index (χ0v) is 27.7. The second-order valence-corrected chi connectivity index (χ2v) is 13.0. The molecule has 1 aromatic heterocycles. The lowest BCUT2D eigenvalue weighted by Gasteiger charge is -2.28. The van der Waals surface area contributed by atoms with Gasteiger partial charge < -0.3 is 32.4 Å². The van der Waals surface area contributed by atoms with Crippen LogP contribution in [-0.4, -0.2) is 58.5 Å². The summed E-state index contributed by atoms with van der Waals surface area (Å²) >= 11 is 1.65. The zero-order valence-electron chi connectivity index (χ0n) is 26.9. The summed E-state index contributed by atoms with van der Waals surface area (Å²) in [5.41, 5.74) is 14.6. The summed E-state index contributed by atoms with van der Waals surface area (Å²) in [7, 11) is 0. The molecule has 11 heteroatoms. The van der Waals surface area contributed by atoms with Crippen molar-refractivity contribution >= 4 is 46.3 Å². The number of primary amides is 1. The standard InChI is InChI=1S/C34H48N6O4S/c1-6-17-45-34-24(23-15-11-12-16-26(23)38-34)19-27(32(43)40-29(30(36)41)21(5)7-2)37-33(44)28(20(3)4)39-31(42)25(35)18-22-13-9-8-10-14-22/h8-16,20-21,25,27-29,38H,6-7,17-19,35H2,1-5H3,(H2,36,41)(H,37,44)(H,39,42)(H,40,43). The second-order valence-electron chi connectivity index (χ2n) is 11.9. The third-order valence-corrected chi connectivity index (χ3v) is 9.22. The number of H-pyrrole nitrogens is 1. The Labute approximate surface area is 270 Å². The number of para-hydroxylation sites is 1. The quantitative estimate of drug-likeness (QED) is 0.124. The highest BCUT2D eigenvalue weighted by molar-refractivity contribution is 7.99. The largest absolute Gasteiger partial charge is 0.368 e. The van der Waals surface area contributed by atoms with Gasteiger partial charge in [0.2, 0.25) is 23.6 Å². The van der Waals surface area contributed by atoms with Crippen molar-refractivity contribution in [2.24, 2.45) is 23.3 Å². The highest BCUT2D eigenvalue weighted by Crippen LogP contribution is 2.31. The molecule has 5 atom stereocenters. The first-order valence-corrected chi connectivity index (χ1v) is 16.7. The van der Waals surface area contributed by atoms with Crippen molar-refractivity contribution in [3.05, 3.63) is 65.7 Å². The molecule has 2 aromatic carbocycles. The minimum absolute atomic E-state index is 0.159. The minimum Gasteiger partial charge on any atom is -0.368 e. The van der Waals surface area contributed by atoms with Crippen LogP contribution in [0.5, 0.6) is 0 Å². The van der Waals surface area contributed by atoms with Crippen LogP contribution in [0.15, 0.2) is 59.6 Å². The molecule has 0 fully saturated rings. The van der Waals surface area contributed by atoms with E-state index in [4.69, 9.17) is 11.5 Å². The van der Waals surface area contributed by atoms with E-state index in [-0.39, 0.29) is 18.3 Å². The van der Waals surface area contributed by atoms with E-state index in [1.54, 1.807) is 11.8 Å². The third kappa shape index (κ3) is 9.83. The zero-order chi connectivity index (χ0) is 33.1. The molecule has 45 heavy (non-hydrogen) atoms. The number of hydrogen-bond acceptors (Lipinski definition) is 6. The first-order chi connectivity index (χ1) is 21.5. The van der Waals surface area contributed by atoms with Crippen molar-refractivity contribution in [2.75, 3.05) is 5.75 Å². The van der Waals surface area contributed by atoms with Gasteiger partial charge in [-0.25, -0.2) is 0 Å². The number of hydrogen-bond donors (Lipinski definition) is 6. The Hall–Kier alpha value is -3.83. The first kappa shape index (κ1) is 35.6. The van der Waals surface area contributed by atoms with E-state index in [2.05, 4.69) is 27.9 Å². The number of nitrogens with one attached hydrogen (secondary N) is 4. The summed E-state index contributed by atoms with van der Waals surface area (Å²) in [5, 5.41) is 10.4. The Morgan fingerprint density at radius 1 is 0.822 bits per heavy atom. The highest BCUT2D eigenvalue weighted by atomic mass is 32.2. The molecule has 10 nitrogen and oxygen atoms in total. The molecule has 0 aliphatic heterocycles. The van der Waals surface area contributed by atoms with Gasteiger partial charge in [-0.2, -0.15) is 0 Å². The number of rotatable bonds is 17. The van der Waals surface area contributed by atoms with Gasteiger partial charge in [0.25, 0.3) is 0 Å². The number of carbonyl (C=O) groups is 4. The number of aromatic amines is 1. The van der Waals surface area contributed by atoms with Crippen molar-refractivity contribution in [1.29, 1.82) is 0 Å². The third-order valence-electron chi connectivity index (χ3n) is 7.97. The second kappa shape index (κ2) is 17.0. The number of nitrogens with two attached hydrogens (primary N) is 2. The molecule has 0 radical (unpaired) electrons. The van der Waals surface area contributed by atoms with Gasteiger partial charge in [0, 0.05) is 17.3 Å². The molecular weight excluding hydrogens is 588 g/mol. The number of fused-ring (bicyclic) bond motifs is 1. The molecule has 3 aromatic rings. The van der Waals surface area contributed by atoms with Crippen LogP contribution in [0.2, 0.25) is 0 Å². The normalized spacial score (nSPS) is 14.7. The Kier molecular flexibility index (Phi) is 13.5. The number of benzene rings is 2. The van der Waals surface area contributed by atoms with E-state index in [0.29, 0.717) is 12.8 Å². The van der Waals surface area contributed by atoms with Gasteiger partial charge in [0.05, 0.1) is 11.1 Å². The van der Waals surface area contributed by atoms with Crippen LogP contribution in [0.3, 0.4) is 0 Å². The summed E-state index contributed by atoms with van der Waals surface area (Å²) in [5.74, 6) is -1.80. The van der Waals surface area contributed by atoms with Crippen LogP contribution in [-0.2, 0) is 32.0 Å². The predicted molar refractivity (Wildman–Crippen MR) is 180 cm³/mol. The summed E-state index contributed by atoms with van der Waals surface area (Å²) in [6.45, 7) is 9.47. The maximum atomic E-state index is 13.9. The van der Waals surface area contributed by atoms with Crippen LogP contribution in [0.4, 0.5) is 0 Å². The van der Waals surface area contributed by atoms with E-state index >= 15 is 0 Å². The number of amides is 4. The van der Waals surface area contributed by atoms with Crippen molar-refractivity contribution in [1.82, 2.24) is 20.9 Å². The Morgan fingerprint density at radius 2 is 1.47 bits per heavy atom. The molecule has 0 bridgehead atoms. The Bertz CT molecular complexity index is 1440. The van der Waals surface area contributed by atoms with Gasteiger partial charge in [0.1, 0.15) is 18.1 Å². The van der Waals surface area contributed by atoms with Gasteiger partial charge in [-0.15, -0.1) is 11.8 Å². The van der Waals surface area contributed by atoms with E-state index in [0.717, 1.165) is 39.2 Å². The summed E-state index contributed by atoms with van der Waals surface area (Å²) in [6, 6.07) is 13.4. The fourth-order valence-corrected chi connectivity index (χ4v) is 6.08. The van der Waals surface area contributed by atoms with Gasteiger partial charge >= 0.3 is 0 Å². The lowest BCUT2D eigenvalue weighted by atomic mass is 9.97. The molecular formula is C34H48N6O4S. The monoisotopic (exact) mass is 636 g/mol. The molecule has 3 rings (SSSR count). The van der Waals surface area contributed by atoms with Crippen LogP contribution >= 0.6 is 11.8 Å². The fraction of sp³-hybridized carbons (Fsp3) is 0.471. The summed E-state index contributed by atoms with van der Waals surface area (Å²) in [6.07, 6.45) is 2.05. The molecule has 244 valence electrons. The van der Waals surface area contributed by atoms with E-state index in [9.17, 15) is 19.2 Å². The molecule has 8 N–H and O–H groups in total. The number of aromatic nitrogens is 1. The van der Waals surface area contributed by atoms with Crippen LogP contribution in [0.25, 0.3) is 10.9 Å². The Balaban J connectivity index is 1.91. The summed E-state index contributed by atoms with van der Waals surface area (Å²) < 4.78 is 0. The van der Waals surface area contributed by atoms with E-state index < -0.39 is 47.8 Å². The SMILES string of the molecule is CCCSc1[nH]c2ccccc2c1CC(NC(=O)C(NC(=O)C(N)Cc1ccccc1)C(C)C)C(=O)NC(C(N)=O)C(C)CC. The highest BCUT2D eigenvalue weighted by Gasteiger charge is 2.33. The fourth-order valence-electron chi connectivity index (χ4n) is 5.12. The molecule has 0 aliphatic rings. The van der Waals surface area contributed by atoms with E-state index in [1.165, 1.54) is 0 Å². The predicted octanol–water partition coefficient (Wildman–Crippen LogP) is 3.42. The van der Waals surface area contributed by atoms with Gasteiger partial charge in [-0.1, -0.05) is 89.6 Å². The van der Waals surface area contributed by atoms with Crippen LogP contribution < -0.4 is 27.4 Å². The van der Waals surface area contributed by atoms with Gasteiger partial charge in [-0.05, 0) is 47.6 Å². The molecule has 0 aliphatic carbocycles. The molecule has 0 saturated heterocycles. The van der Waals surface area contributed by atoms with Crippen molar-refractivity contribution < 1.29 is 19.2 Å². The average molecular weight is 637 g/mol. The smallest absolute Gasteiger partial charge is 0.243 e. The summed E-state index contributed by atoms with van der Waals surface area (Å²) in [4.78, 5) is 56.6. The topological polar surface area (TPSA) is 172 Å². The van der Waals surface area contributed by atoms with Crippen molar-refractivity contribution in [3.8, 4) is 0 Å². The lowest BCUT2D eigenvalue weighted by molar-refractivity contribution is -0.134. The maximum Gasteiger partial charge on any atom is 0.243 e. The average Bonchev–Trinajstić information content (AvgIpc) is 3.37. The first-order valence-electron chi connectivity index (χ1n) is 15.7. The molecule has 0 saturated carbocycles. The number of thioether (sulfide) groups is 1. The van der Waals surface area contributed by atoms with Gasteiger partial charge in [-0.3, -0.25) is 19.2 Å². The molecule has 5 unspecified atom stereocenters. The van der Waals surface area contributed by atoms with Crippen LogP contribution in [0, 0.1) is 11.8 Å². The number of carbonyl (C=O) groups excluding carboxylic acids is 4. The maximum absolute atomic E-state index is 13.9. The van der Waals surface area contributed by atoms with E-state index in [1.807, 2.05) is 82.3 Å². The molecule has 4 amide bonds. The van der Waals surface area contributed by atoms with Crippen LogP contribution in [0.1, 0.15) is 58.6 Å². The lowest BCUT2D eigenvalue weighted by Crippen LogP contribution is -2.60. The Morgan fingerprint density at radius 3 is 2.09 bits per heavy atom. The van der Waals surface area contributed by atoms with Gasteiger partial charge in [0.15, 0.2) is 0 Å². The minimum atomic E-state index is -1.06. The van der Waals surface area contributed by atoms with Crippen molar-refractivity contribution in [3.63, 3.8) is 0 Å². The molecule has 1 heterocycles. The van der Waals surface area contributed by atoms with Crippen molar-refractivity contribution in [2.45, 2.75) is 89.5 Å².